The summed E-state index contributed by atoms with van der Waals surface area (Å²) >= 11 is 0. The summed E-state index contributed by atoms with van der Waals surface area (Å²) in [7, 11) is -21.3. The van der Waals surface area contributed by atoms with E-state index in [1.54, 1.807) is 24.8 Å². The number of rotatable bonds is 3. The van der Waals surface area contributed by atoms with Gasteiger partial charge in [0.25, 0.3) is 0 Å². The monoisotopic (exact) mass is 980 g/mol. The smallest absolute Gasteiger partial charge is 0.265 e. The van der Waals surface area contributed by atoms with Crippen LogP contribution in [0, 0.1) is 20.8 Å². The molecule has 0 unspecified atom stereocenters. The maximum atomic E-state index is 9.87. The van der Waals surface area contributed by atoms with Gasteiger partial charge in [-0.1, -0.05) is 60.2 Å². The zero-order valence-corrected chi connectivity index (χ0v) is 35.1. The maximum Gasteiger partial charge on any atom is 2.00 e. The van der Waals surface area contributed by atoms with E-state index in [2.05, 4.69) is 62.8 Å². The summed E-state index contributed by atoms with van der Waals surface area (Å²) in [5.74, 6) is 0. The van der Waals surface area contributed by atoms with Gasteiger partial charge in [0.2, 0.25) is 0 Å². The van der Waals surface area contributed by atoms with E-state index in [1.807, 2.05) is 128 Å². The Morgan fingerprint density at radius 3 is 0.900 bits per heavy atom. The summed E-state index contributed by atoms with van der Waals surface area (Å²) in [6, 6.07) is 41.5. The average molecular weight is 980 g/mol. The van der Waals surface area contributed by atoms with Crippen LogP contribution in [-0.4, -0.2) is 29.9 Å². The van der Waals surface area contributed by atoms with Gasteiger partial charge in [-0.15, -0.1) is 0 Å². The van der Waals surface area contributed by atoms with Crippen LogP contribution in [0.25, 0.3) is 34.2 Å². The van der Waals surface area contributed by atoms with Crippen LogP contribution in [0.5, 0.6) is 0 Å². The first kappa shape index (κ1) is 52.8. The summed E-state index contributed by atoms with van der Waals surface area (Å²) in [6.45, 7) is 6.20. The zero-order chi connectivity index (χ0) is 44.3. The van der Waals surface area contributed by atoms with Crippen LogP contribution >= 0.6 is 15.6 Å². The molecule has 6 heterocycles. The van der Waals surface area contributed by atoms with E-state index in [0.717, 1.165) is 34.2 Å². The molecule has 7 aromatic rings. The topological polar surface area (TPSA) is 77.3 Å². The molecule has 7 rings (SSSR count). The van der Waals surface area contributed by atoms with Crippen molar-refractivity contribution in [2.75, 3.05) is 0 Å². The largest absolute Gasteiger partial charge is 2.00 e. The number of hydrogen-bond donors (Lipinski definition) is 0. The van der Waals surface area contributed by atoms with Crippen LogP contribution in [0.1, 0.15) is 16.7 Å². The van der Waals surface area contributed by atoms with Gasteiger partial charge in [0, 0.05) is 37.2 Å². The minimum atomic E-state index is -10.7. The summed E-state index contributed by atoms with van der Waals surface area (Å²) in [4.78, 5) is 25.6. The van der Waals surface area contributed by atoms with Crippen LogP contribution in [0.2, 0.25) is 0 Å². The second kappa shape index (κ2) is 20.8. The van der Waals surface area contributed by atoms with Gasteiger partial charge in [0.15, 0.2) is 0 Å². The minimum absolute atomic E-state index is 0. The van der Waals surface area contributed by atoms with Crippen LogP contribution in [0.3, 0.4) is 0 Å². The number of hydrogen-bond acceptors (Lipinski definition) is 6. The first-order valence-electron chi connectivity index (χ1n) is 16.6. The Bertz CT molecular complexity index is 2130. The Labute approximate surface area is 350 Å². The van der Waals surface area contributed by atoms with Gasteiger partial charge < -0.3 is 0 Å². The SMILES string of the molecule is Cc1ccccc1.Cc1ccnc(-c2cc(C)ccn2)c1.F[P-](F)(F)(F)(F)F.F[P-](F)(F)(F)(F)F.[Ru+2].c1ccc(-c2cccc(-c3ccccn3)n2)nc1.c1ccncc1. The first-order chi connectivity index (χ1) is 27.0. The molecule has 0 saturated heterocycles. The van der Waals surface area contributed by atoms with Crippen LogP contribution in [0.4, 0.5) is 50.4 Å². The van der Waals surface area contributed by atoms with Gasteiger partial charge in [-0.2, -0.15) is 0 Å². The van der Waals surface area contributed by atoms with Crippen molar-refractivity contribution in [3.63, 3.8) is 0 Å². The van der Waals surface area contributed by atoms with Gasteiger partial charge in [-0.25, -0.2) is 4.98 Å². The van der Waals surface area contributed by atoms with Crippen molar-refractivity contribution in [3.05, 3.63) is 181 Å². The molecule has 324 valence electrons. The summed E-state index contributed by atoms with van der Waals surface area (Å²) in [6.07, 6.45) is 10.7. The molecule has 60 heavy (non-hydrogen) atoms. The number of halogens is 12. The van der Waals surface area contributed by atoms with E-state index < -0.39 is 15.6 Å². The Kier molecular flexibility index (Phi) is 18.3. The second-order valence-corrected chi connectivity index (χ2v) is 15.7. The Morgan fingerprint density at radius 2 is 0.633 bits per heavy atom. The molecule has 0 radical (unpaired) electrons. The van der Waals surface area contributed by atoms with Gasteiger partial charge >= 0.3 is 85.5 Å². The third-order valence-corrected chi connectivity index (χ3v) is 6.20. The fraction of sp³-hybridized carbons (Fsp3) is 0.0769. The van der Waals surface area contributed by atoms with Gasteiger partial charge in [-0.05, 0) is 105 Å². The normalized spacial score (nSPS) is 12.7. The standard InChI is InChI=1S/C15H11N3.C12H12N2.C7H8.C5H5N.2F6P.Ru/c1-3-10-16-12(6-1)14-8-5-9-15(18-14)13-7-2-4-11-17-13;1-9-3-5-13-11(7-9)12-8-10(2)4-6-14-12;1-7-5-3-2-4-6-7;1-2-4-6-5-3-1;2*1-7(2,3,4,5)6;/h1-11H;3-8H,1-2H3;2-6H,1H3;1-5H;;;/q;;;;2*-1;+2. The van der Waals surface area contributed by atoms with E-state index in [-0.39, 0.29) is 19.5 Å². The molecule has 0 aliphatic rings. The molecule has 21 heteroatoms. The van der Waals surface area contributed by atoms with E-state index in [0.29, 0.717) is 0 Å². The van der Waals surface area contributed by atoms with Crippen molar-refractivity contribution in [2.24, 2.45) is 0 Å². The van der Waals surface area contributed by atoms with Crippen molar-refractivity contribution in [2.45, 2.75) is 20.8 Å². The summed E-state index contributed by atoms with van der Waals surface area (Å²) in [5.41, 5.74) is 9.07. The second-order valence-electron chi connectivity index (χ2n) is 11.9. The average Bonchev–Trinajstić information content (AvgIpc) is 3.15. The molecule has 0 saturated carbocycles. The van der Waals surface area contributed by atoms with E-state index in [9.17, 15) is 50.4 Å². The molecule has 0 bridgehead atoms. The summed E-state index contributed by atoms with van der Waals surface area (Å²) in [5, 5.41) is 0. The Balaban J connectivity index is 0.000000382. The number of benzene rings is 1. The molecule has 0 aliphatic carbocycles. The number of pyridine rings is 6. The third kappa shape index (κ3) is 31.7. The molecule has 0 atom stereocenters. The molecule has 0 aliphatic heterocycles. The molecule has 1 aromatic carbocycles. The molecule has 0 amide bonds. The maximum absolute atomic E-state index is 10.7. The molecule has 0 N–H and O–H groups in total. The van der Waals surface area contributed by atoms with Gasteiger partial charge in [-0.3, -0.25) is 24.9 Å². The number of nitrogens with zero attached hydrogens (tertiary/aromatic N) is 6. The van der Waals surface area contributed by atoms with Crippen molar-refractivity contribution in [3.8, 4) is 34.2 Å². The predicted octanol–water partition coefficient (Wildman–Crippen LogP) is 15.8. The molecule has 0 spiro atoms. The number of aryl methyl sites for hydroxylation is 3. The van der Waals surface area contributed by atoms with Gasteiger partial charge in [0.1, 0.15) is 0 Å². The van der Waals surface area contributed by atoms with Crippen LogP contribution in [0.15, 0.2) is 165 Å². The Hall–Kier alpha value is -5.24. The van der Waals surface area contributed by atoms with Crippen molar-refractivity contribution >= 4 is 15.6 Å². The quantitative estimate of drug-likeness (QED) is 0.0997. The first-order valence-corrected chi connectivity index (χ1v) is 20.7. The number of aromatic nitrogens is 6. The van der Waals surface area contributed by atoms with E-state index >= 15 is 0 Å². The molecule has 6 aromatic heterocycles. The van der Waals surface area contributed by atoms with E-state index in [4.69, 9.17) is 0 Å². The fourth-order valence-corrected chi connectivity index (χ4v) is 3.95. The molecule has 0 fully saturated rings. The van der Waals surface area contributed by atoms with Crippen molar-refractivity contribution in [1.29, 1.82) is 0 Å². The molecule has 6 nitrogen and oxygen atoms in total. The zero-order valence-electron chi connectivity index (χ0n) is 31.6. The fourth-order valence-electron chi connectivity index (χ4n) is 3.95. The minimum Gasteiger partial charge on any atom is -0.265 e. The third-order valence-electron chi connectivity index (χ3n) is 6.20. The van der Waals surface area contributed by atoms with Crippen molar-refractivity contribution < 1.29 is 69.8 Å². The molecular weight excluding hydrogens is 943 g/mol. The van der Waals surface area contributed by atoms with Crippen molar-refractivity contribution in [1.82, 2.24) is 29.9 Å². The van der Waals surface area contributed by atoms with Gasteiger partial charge in [0.05, 0.1) is 34.2 Å². The van der Waals surface area contributed by atoms with Crippen LogP contribution < -0.4 is 0 Å². The predicted molar refractivity (Wildman–Crippen MR) is 210 cm³/mol. The molecular formula is C39H36F12N6P2Ru. The Morgan fingerprint density at radius 1 is 0.317 bits per heavy atom. The summed E-state index contributed by atoms with van der Waals surface area (Å²) < 4.78 is 118. The van der Waals surface area contributed by atoms with E-state index in [1.165, 1.54) is 16.7 Å². The van der Waals surface area contributed by atoms with Crippen LogP contribution in [-0.2, 0) is 19.5 Å².